The van der Waals surface area contributed by atoms with Crippen molar-refractivity contribution < 1.29 is 23.4 Å². The third kappa shape index (κ3) is 4.47. The molecule has 0 bridgehead atoms. The van der Waals surface area contributed by atoms with Gasteiger partial charge in [0.25, 0.3) is 0 Å². The van der Waals surface area contributed by atoms with E-state index in [0.717, 1.165) is 5.56 Å². The average molecular weight is 363 g/mol. The van der Waals surface area contributed by atoms with Crippen LogP contribution in [0.4, 0.5) is 0 Å². The molecule has 136 valence electrons. The maximum Gasteiger partial charge on any atom is 0.379 e. The molecule has 0 aliphatic heterocycles. The van der Waals surface area contributed by atoms with Crippen LogP contribution in [0, 0.1) is 18.3 Å². The molecule has 0 fully saturated rings. The van der Waals surface area contributed by atoms with Gasteiger partial charge in [-0.15, -0.1) is 0 Å². The summed E-state index contributed by atoms with van der Waals surface area (Å²) >= 11 is 0. The zero-order valence-electron chi connectivity index (χ0n) is 14.9. The van der Waals surface area contributed by atoms with Crippen LogP contribution in [0.15, 0.2) is 59.0 Å². The number of aryl methyl sites for hydroxylation is 1. The Morgan fingerprint density at radius 2 is 1.85 bits per heavy atom. The molecule has 6 nitrogen and oxygen atoms in total. The van der Waals surface area contributed by atoms with Gasteiger partial charge in [-0.05, 0) is 43.3 Å². The molecule has 3 aromatic rings. The van der Waals surface area contributed by atoms with Gasteiger partial charge in [-0.1, -0.05) is 17.7 Å². The highest BCUT2D eigenvalue weighted by atomic mass is 16.6. The fraction of sp³-hybridized carbons (Fsp3) is 0.143. The quantitative estimate of drug-likeness (QED) is 0.481. The van der Waals surface area contributed by atoms with Crippen molar-refractivity contribution >= 4 is 5.97 Å². The van der Waals surface area contributed by atoms with Gasteiger partial charge in [0.2, 0.25) is 5.76 Å². The lowest BCUT2D eigenvalue weighted by atomic mass is 10.2. The third-order valence-electron chi connectivity index (χ3n) is 3.76. The smallest absolute Gasteiger partial charge is 0.379 e. The van der Waals surface area contributed by atoms with Crippen LogP contribution in [0.2, 0.25) is 0 Å². The van der Waals surface area contributed by atoms with E-state index in [0.29, 0.717) is 17.1 Å². The highest BCUT2D eigenvalue weighted by Gasteiger charge is 2.17. The van der Waals surface area contributed by atoms with E-state index in [1.54, 1.807) is 6.07 Å². The van der Waals surface area contributed by atoms with Crippen molar-refractivity contribution in [2.75, 3.05) is 7.11 Å². The Kier molecular flexibility index (Phi) is 5.43. The molecule has 0 aliphatic rings. The van der Waals surface area contributed by atoms with Gasteiger partial charge in [0.1, 0.15) is 18.1 Å². The molecule has 3 rings (SSSR count). The predicted octanol–water partition coefficient (Wildman–Crippen LogP) is 4.27. The van der Waals surface area contributed by atoms with Gasteiger partial charge >= 0.3 is 5.97 Å². The van der Waals surface area contributed by atoms with Crippen LogP contribution in [0.5, 0.6) is 17.2 Å². The largest absolute Gasteiger partial charge is 0.493 e. The molecule has 0 unspecified atom stereocenters. The molecular weight excluding hydrogens is 346 g/mol. The van der Waals surface area contributed by atoms with Crippen molar-refractivity contribution in [1.29, 1.82) is 5.26 Å². The first kappa shape index (κ1) is 18.1. The summed E-state index contributed by atoms with van der Waals surface area (Å²) in [4.78, 5) is 12.3. The Bertz CT molecular complexity index is 983. The number of hydrogen-bond acceptors (Lipinski definition) is 6. The Hall–Kier alpha value is -3.72. The molecule has 0 atom stereocenters. The highest BCUT2D eigenvalue weighted by Crippen LogP contribution is 2.28. The van der Waals surface area contributed by atoms with Crippen LogP contribution in [0.25, 0.3) is 0 Å². The number of carbonyl (C=O) groups is 1. The lowest BCUT2D eigenvalue weighted by Gasteiger charge is -2.08. The van der Waals surface area contributed by atoms with Crippen molar-refractivity contribution in [3.8, 4) is 23.3 Å². The molecule has 0 saturated carbocycles. The van der Waals surface area contributed by atoms with E-state index in [2.05, 4.69) is 0 Å². The standard InChI is InChI=1S/C21H17NO5/c1-14-3-6-16(7-4-14)25-13-17-8-10-19(26-17)21(23)27-18-9-5-15(12-22)11-20(18)24-2/h3-11H,13H2,1-2H3. The Morgan fingerprint density at radius 1 is 1.07 bits per heavy atom. The molecular formula is C21H17NO5. The second-order valence-corrected chi connectivity index (χ2v) is 5.73. The van der Waals surface area contributed by atoms with E-state index in [9.17, 15) is 4.79 Å². The predicted molar refractivity (Wildman–Crippen MR) is 96.9 cm³/mol. The summed E-state index contributed by atoms with van der Waals surface area (Å²) in [5.41, 5.74) is 1.55. The fourth-order valence-electron chi connectivity index (χ4n) is 2.33. The fourth-order valence-corrected chi connectivity index (χ4v) is 2.33. The van der Waals surface area contributed by atoms with Crippen LogP contribution in [0.3, 0.4) is 0 Å². The van der Waals surface area contributed by atoms with Gasteiger partial charge in [0, 0.05) is 6.07 Å². The minimum Gasteiger partial charge on any atom is -0.493 e. The summed E-state index contributed by atoms with van der Waals surface area (Å²) < 4.78 is 21.6. The number of benzene rings is 2. The summed E-state index contributed by atoms with van der Waals surface area (Å²) in [5, 5.41) is 8.92. The molecule has 0 saturated heterocycles. The van der Waals surface area contributed by atoms with Gasteiger partial charge in [-0.25, -0.2) is 4.79 Å². The van der Waals surface area contributed by atoms with Crippen molar-refractivity contribution in [1.82, 2.24) is 0 Å². The molecule has 0 N–H and O–H groups in total. The van der Waals surface area contributed by atoms with Crippen LogP contribution in [-0.4, -0.2) is 13.1 Å². The van der Waals surface area contributed by atoms with Gasteiger partial charge in [0.15, 0.2) is 11.5 Å². The minimum absolute atomic E-state index is 0.0453. The van der Waals surface area contributed by atoms with E-state index in [-0.39, 0.29) is 23.9 Å². The number of rotatable bonds is 6. The lowest BCUT2D eigenvalue weighted by Crippen LogP contribution is -2.08. The minimum atomic E-state index is -0.667. The molecule has 0 spiro atoms. The molecule has 1 aromatic heterocycles. The summed E-state index contributed by atoms with van der Waals surface area (Å²) in [6, 6.07) is 17.3. The number of hydrogen-bond donors (Lipinski definition) is 0. The van der Waals surface area contributed by atoms with E-state index < -0.39 is 5.97 Å². The number of nitrogens with zero attached hydrogens (tertiary/aromatic N) is 1. The molecule has 6 heteroatoms. The van der Waals surface area contributed by atoms with E-state index in [1.165, 1.54) is 31.4 Å². The van der Waals surface area contributed by atoms with Crippen molar-refractivity contribution in [3.05, 3.63) is 77.2 Å². The molecule has 27 heavy (non-hydrogen) atoms. The van der Waals surface area contributed by atoms with Gasteiger partial charge in [-0.3, -0.25) is 0 Å². The first-order valence-corrected chi connectivity index (χ1v) is 8.17. The Morgan fingerprint density at radius 3 is 2.56 bits per heavy atom. The van der Waals surface area contributed by atoms with Crippen molar-refractivity contribution in [2.45, 2.75) is 13.5 Å². The average Bonchev–Trinajstić information content (AvgIpc) is 3.17. The monoisotopic (exact) mass is 363 g/mol. The van der Waals surface area contributed by atoms with Crippen LogP contribution in [0.1, 0.15) is 27.4 Å². The van der Waals surface area contributed by atoms with Gasteiger partial charge < -0.3 is 18.6 Å². The molecule has 0 amide bonds. The normalized spacial score (nSPS) is 10.1. The maximum absolute atomic E-state index is 12.3. The number of furan rings is 1. The number of carbonyl (C=O) groups excluding carboxylic acids is 1. The van der Waals surface area contributed by atoms with Gasteiger partial charge in [0.05, 0.1) is 18.7 Å². The molecule has 0 aliphatic carbocycles. The van der Waals surface area contributed by atoms with Crippen LogP contribution in [-0.2, 0) is 6.61 Å². The summed E-state index contributed by atoms with van der Waals surface area (Å²) in [7, 11) is 1.43. The topological polar surface area (TPSA) is 81.7 Å². The van der Waals surface area contributed by atoms with Crippen molar-refractivity contribution in [3.63, 3.8) is 0 Å². The summed E-state index contributed by atoms with van der Waals surface area (Å²) in [6.45, 7) is 2.19. The Labute approximate surface area is 156 Å². The third-order valence-corrected chi connectivity index (χ3v) is 3.76. The highest BCUT2D eigenvalue weighted by molar-refractivity contribution is 5.88. The zero-order chi connectivity index (χ0) is 19.2. The number of methoxy groups -OCH3 is 1. The molecule has 1 heterocycles. The summed E-state index contributed by atoms with van der Waals surface area (Å²) in [5.74, 6) is 1.08. The first-order chi connectivity index (χ1) is 13.1. The van der Waals surface area contributed by atoms with Gasteiger partial charge in [-0.2, -0.15) is 5.26 Å². The van der Waals surface area contributed by atoms with Crippen LogP contribution < -0.4 is 14.2 Å². The first-order valence-electron chi connectivity index (χ1n) is 8.17. The zero-order valence-corrected chi connectivity index (χ0v) is 14.9. The SMILES string of the molecule is COc1cc(C#N)ccc1OC(=O)c1ccc(COc2ccc(C)cc2)o1. The molecule has 0 radical (unpaired) electrons. The Balaban J connectivity index is 1.65. The number of nitriles is 1. The molecule has 2 aromatic carbocycles. The summed E-state index contributed by atoms with van der Waals surface area (Å²) in [6.07, 6.45) is 0. The van der Waals surface area contributed by atoms with E-state index in [1.807, 2.05) is 37.3 Å². The second-order valence-electron chi connectivity index (χ2n) is 5.73. The van der Waals surface area contributed by atoms with E-state index >= 15 is 0 Å². The maximum atomic E-state index is 12.3. The lowest BCUT2D eigenvalue weighted by molar-refractivity contribution is 0.0692. The second kappa shape index (κ2) is 8.11. The van der Waals surface area contributed by atoms with E-state index in [4.69, 9.17) is 23.9 Å². The number of esters is 1. The van der Waals surface area contributed by atoms with Crippen LogP contribution >= 0.6 is 0 Å². The van der Waals surface area contributed by atoms with Crippen molar-refractivity contribution in [2.24, 2.45) is 0 Å². The number of ether oxygens (including phenoxy) is 3.